The van der Waals surface area contributed by atoms with Gasteiger partial charge in [-0.25, -0.2) is 14.2 Å². The van der Waals surface area contributed by atoms with Gasteiger partial charge < -0.3 is 24.9 Å². The minimum atomic E-state index is -1.28. The molecule has 34 heavy (non-hydrogen) atoms. The second-order valence-corrected chi connectivity index (χ2v) is 8.24. The van der Waals surface area contributed by atoms with Gasteiger partial charge in [-0.1, -0.05) is 0 Å². The number of hydrogen-bond donors (Lipinski definition) is 4. The van der Waals surface area contributed by atoms with E-state index in [0.29, 0.717) is 35.3 Å². The predicted octanol–water partition coefficient (Wildman–Crippen LogP) is 1.23. The highest BCUT2D eigenvalue weighted by atomic mass is 19.1. The summed E-state index contributed by atoms with van der Waals surface area (Å²) >= 11 is 0. The zero-order valence-corrected chi connectivity index (χ0v) is 18.0. The number of aromatic amines is 2. The average Bonchev–Trinajstić information content (AvgIpc) is 3.56. The van der Waals surface area contributed by atoms with Crippen LogP contribution in [0, 0.1) is 5.82 Å². The van der Waals surface area contributed by atoms with Gasteiger partial charge in [-0.2, -0.15) is 5.10 Å². The van der Waals surface area contributed by atoms with Crippen LogP contribution in [-0.4, -0.2) is 62.0 Å². The van der Waals surface area contributed by atoms with E-state index in [-0.39, 0.29) is 22.6 Å². The first-order valence-corrected chi connectivity index (χ1v) is 10.9. The van der Waals surface area contributed by atoms with E-state index in [1.54, 1.807) is 6.07 Å². The molecule has 0 amide bonds. The number of piperazine rings is 1. The van der Waals surface area contributed by atoms with Crippen LogP contribution >= 0.6 is 0 Å². The van der Waals surface area contributed by atoms with Gasteiger partial charge >= 0.3 is 5.97 Å². The third kappa shape index (κ3) is 4.03. The van der Waals surface area contributed by atoms with Gasteiger partial charge in [0, 0.05) is 43.8 Å². The lowest BCUT2D eigenvalue weighted by Crippen LogP contribution is -2.43. The SMILES string of the molecule is O=C(O)c1cn(C2CC2)c2cc(N3CCNCC3)c(F)cc2c1=O.O=c1[nH]cnc2[nH]ncc12. The number of carboxylic acids is 1. The Bertz CT molecular complexity index is 1500. The molecule has 1 aliphatic heterocycles. The van der Waals surface area contributed by atoms with Crippen LogP contribution in [-0.2, 0) is 0 Å². The maximum Gasteiger partial charge on any atom is 0.341 e. The molecule has 0 unspecified atom stereocenters. The first kappa shape index (κ1) is 21.8. The molecular weight excluding hydrogens is 445 g/mol. The summed E-state index contributed by atoms with van der Waals surface area (Å²) in [5.74, 6) is -1.76. The number of nitrogens with zero attached hydrogens (tertiary/aromatic N) is 4. The summed E-state index contributed by atoms with van der Waals surface area (Å²) in [7, 11) is 0. The molecule has 1 saturated heterocycles. The van der Waals surface area contributed by atoms with E-state index < -0.39 is 17.2 Å². The lowest BCUT2D eigenvalue weighted by molar-refractivity contribution is 0.0695. The van der Waals surface area contributed by atoms with E-state index >= 15 is 0 Å². The maximum atomic E-state index is 14.6. The fourth-order valence-corrected chi connectivity index (χ4v) is 4.09. The number of fused-ring (bicyclic) bond motifs is 2. The molecule has 0 spiro atoms. The van der Waals surface area contributed by atoms with Crippen molar-refractivity contribution in [3.63, 3.8) is 0 Å². The van der Waals surface area contributed by atoms with Crippen molar-refractivity contribution in [2.45, 2.75) is 18.9 Å². The Hall–Kier alpha value is -4.06. The van der Waals surface area contributed by atoms with Crippen molar-refractivity contribution in [1.29, 1.82) is 0 Å². The van der Waals surface area contributed by atoms with Crippen LogP contribution in [0.1, 0.15) is 29.2 Å². The Balaban J connectivity index is 0.000000200. The lowest BCUT2D eigenvalue weighted by Gasteiger charge is -2.30. The van der Waals surface area contributed by atoms with Crippen molar-refractivity contribution in [3.8, 4) is 0 Å². The molecule has 1 aliphatic carbocycles. The molecule has 176 valence electrons. The van der Waals surface area contributed by atoms with E-state index in [2.05, 4.69) is 25.5 Å². The lowest BCUT2D eigenvalue weighted by atomic mass is 10.1. The Labute approximate surface area is 191 Å². The monoisotopic (exact) mass is 467 g/mol. The number of H-pyrrole nitrogens is 2. The summed E-state index contributed by atoms with van der Waals surface area (Å²) in [6.07, 6.45) is 6.07. The molecule has 4 aromatic rings. The first-order chi connectivity index (χ1) is 16.4. The number of pyridine rings is 1. The molecular formula is C22H22FN7O4. The number of hydrogen-bond acceptors (Lipinski definition) is 7. The number of carbonyl (C=O) groups is 1. The summed E-state index contributed by atoms with van der Waals surface area (Å²) in [5, 5.41) is 19.3. The smallest absolute Gasteiger partial charge is 0.341 e. The quantitative estimate of drug-likeness (QED) is 0.352. The zero-order valence-electron chi connectivity index (χ0n) is 18.0. The third-order valence-corrected chi connectivity index (χ3v) is 5.98. The van der Waals surface area contributed by atoms with E-state index in [1.807, 2.05) is 9.47 Å². The fourth-order valence-electron chi connectivity index (χ4n) is 4.09. The van der Waals surface area contributed by atoms with Crippen LogP contribution < -0.4 is 21.2 Å². The Morgan fingerprint density at radius 3 is 2.59 bits per heavy atom. The number of carboxylic acid groups (broad SMARTS) is 1. The molecule has 4 heterocycles. The molecule has 0 radical (unpaired) electrons. The highest BCUT2D eigenvalue weighted by Crippen LogP contribution is 2.38. The van der Waals surface area contributed by atoms with Gasteiger partial charge in [-0.3, -0.25) is 14.7 Å². The Kier molecular flexibility index (Phi) is 5.57. The minimum absolute atomic E-state index is 0.137. The summed E-state index contributed by atoms with van der Waals surface area (Å²) in [6.45, 7) is 2.96. The number of nitrogens with one attached hydrogen (secondary N) is 3. The van der Waals surface area contributed by atoms with Gasteiger partial charge in [0.1, 0.15) is 16.8 Å². The van der Waals surface area contributed by atoms with Gasteiger partial charge in [-0.05, 0) is 25.0 Å². The second kappa shape index (κ2) is 8.71. The predicted molar refractivity (Wildman–Crippen MR) is 123 cm³/mol. The topological polar surface area (TPSA) is 149 Å². The van der Waals surface area contributed by atoms with Crippen LogP contribution in [0.3, 0.4) is 0 Å². The van der Waals surface area contributed by atoms with Crippen molar-refractivity contribution in [3.05, 3.63) is 62.8 Å². The van der Waals surface area contributed by atoms with Crippen molar-refractivity contribution in [2.75, 3.05) is 31.1 Å². The molecule has 11 nitrogen and oxygen atoms in total. The Morgan fingerprint density at radius 1 is 1.15 bits per heavy atom. The second-order valence-electron chi connectivity index (χ2n) is 8.24. The fraction of sp³-hybridized carbons (Fsp3) is 0.318. The first-order valence-electron chi connectivity index (χ1n) is 10.9. The van der Waals surface area contributed by atoms with Crippen LogP contribution in [0.5, 0.6) is 0 Å². The number of benzene rings is 1. The zero-order chi connectivity index (χ0) is 23.8. The van der Waals surface area contributed by atoms with Gasteiger partial charge in [0.2, 0.25) is 5.43 Å². The number of aromatic nitrogens is 5. The molecule has 2 aliphatic rings. The number of aromatic carboxylic acids is 1. The standard InChI is InChI=1S/C17H18FN3O3.C5H4N4O/c18-13-7-11-14(8-15(13)20-5-3-19-4-6-20)21(10-1-2-10)9-12(16(11)22)17(23)24;10-5-3-1-8-9-4(3)6-2-7-5/h7-10,19H,1-6H2,(H,23,24);1-2H,(H2,6,7,8,9,10). The largest absolute Gasteiger partial charge is 0.477 e. The van der Waals surface area contributed by atoms with Crippen molar-refractivity contribution in [2.24, 2.45) is 0 Å². The van der Waals surface area contributed by atoms with E-state index in [9.17, 15) is 23.9 Å². The number of anilines is 1. The molecule has 1 aromatic carbocycles. The number of rotatable bonds is 3. The van der Waals surface area contributed by atoms with E-state index in [0.717, 1.165) is 25.9 Å². The van der Waals surface area contributed by atoms with Gasteiger partial charge in [0.25, 0.3) is 5.56 Å². The maximum absolute atomic E-state index is 14.6. The normalized spacial score (nSPS) is 15.9. The molecule has 0 atom stereocenters. The molecule has 2 fully saturated rings. The molecule has 6 rings (SSSR count). The molecule has 12 heteroatoms. The number of halogens is 1. The molecule has 4 N–H and O–H groups in total. The van der Waals surface area contributed by atoms with Crippen molar-refractivity contribution >= 4 is 33.6 Å². The molecule has 3 aromatic heterocycles. The van der Waals surface area contributed by atoms with Crippen LogP contribution in [0.4, 0.5) is 10.1 Å². The van der Waals surface area contributed by atoms with Crippen LogP contribution in [0.2, 0.25) is 0 Å². The van der Waals surface area contributed by atoms with Crippen LogP contribution in [0.15, 0.2) is 40.4 Å². The van der Waals surface area contributed by atoms with Crippen molar-refractivity contribution < 1.29 is 14.3 Å². The summed E-state index contributed by atoms with van der Waals surface area (Å²) in [4.78, 5) is 42.9. The molecule has 0 bridgehead atoms. The van der Waals surface area contributed by atoms with Gasteiger partial charge in [-0.15, -0.1) is 0 Å². The van der Waals surface area contributed by atoms with E-state index in [4.69, 9.17) is 0 Å². The van der Waals surface area contributed by atoms with Crippen LogP contribution in [0.25, 0.3) is 21.9 Å². The summed E-state index contributed by atoms with van der Waals surface area (Å²) in [6, 6.07) is 3.08. The summed E-state index contributed by atoms with van der Waals surface area (Å²) in [5.41, 5.74) is 0.509. The van der Waals surface area contributed by atoms with Crippen molar-refractivity contribution in [1.82, 2.24) is 30.0 Å². The van der Waals surface area contributed by atoms with E-state index in [1.165, 1.54) is 24.8 Å². The molecule has 1 saturated carbocycles. The highest BCUT2D eigenvalue weighted by molar-refractivity contribution is 5.93. The van der Waals surface area contributed by atoms with Gasteiger partial charge in [0.15, 0.2) is 5.65 Å². The third-order valence-electron chi connectivity index (χ3n) is 5.98. The highest BCUT2D eigenvalue weighted by Gasteiger charge is 2.28. The Morgan fingerprint density at radius 2 is 1.91 bits per heavy atom. The average molecular weight is 467 g/mol. The van der Waals surface area contributed by atoms with Gasteiger partial charge in [0.05, 0.1) is 23.7 Å². The minimum Gasteiger partial charge on any atom is -0.477 e. The summed E-state index contributed by atoms with van der Waals surface area (Å²) < 4.78 is 16.4.